The third-order valence-electron chi connectivity index (χ3n) is 6.11. The molecule has 2 aliphatic rings. The zero-order valence-electron chi connectivity index (χ0n) is 16.0. The highest BCUT2D eigenvalue weighted by Gasteiger charge is 2.45. The molecule has 0 saturated carbocycles. The van der Waals surface area contributed by atoms with Crippen molar-refractivity contribution in [3.8, 4) is 0 Å². The minimum absolute atomic E-state index is 0.0180. The minimum Gasteiger partial charge on any atom is -0.379 e. The number of hydrogen-bond acceptors (Lipinski definition) is 7. The van der Waals surface area contributed by atoms with E-state index in [-0.39, 0.29) is 5.54 Å². The Morgan fingerprint density at radius 3 is 3.07 bits per heavy atom. The van der Waals surface area contributed by atoms with Gasteiger partial charge in [0.25, 0.3) is 0 Å². The summed E-state index contributed by atoms with van der Waals surface area (Å²) in [7, 11) is 2.20. The molecule has 3 aromatic heterocycles. The van der Waals surface area contributed by atoms with Gasteiger partial charge in [-0.1, -0.05) is 6.08 Å². The van der Waals surface area contributed by atoms with Gasteiger partial charge in [-0.3, -0.25) is 4.90 Å². The third-order valence-corrected chi connectivity index (χ3v) is 8.00. The van der Waals surface area contributed by atoms with Crippen molar-refractivity contribution in [1.82, 2.24) is 14.9 Å². The van der Waals surface area contributed by atoms with Crippen LogP contribution in [0.5, 0.6) is 0 Å². The average Bonchev–Trinajstić information content (AvgIpc) is 3.50. The van der Waals surface area contributed by atoms with E-state index in [2.05, 4.69) is 57.6 Å². The number of hydrogen-bond donors (Lipinski definition) is 1. The Hall–Kier alpha value is -2.32. The van der Waals surface area contributed by atoms with Crippen molar-refractivity contribution in [3.63, 3.8) is 0 Å². The van der Waals surface area contributed by atoms with E-state index in [1.54, 1.807) is 22.7 Å². The van der Waals surface area contributed by atoms with Gasteiger partial charge in [0.1, 0.15) is 4.83 Å². The monoisotopic (exact) mass is 420 g/mol. The SMILES string of the molecule is CN1CC=C(c2cc3c(Nc4ccc5scnc5c4)ccnc3s2)C12CCOC2. The van der Waals surface area contributed by atoms with Gasteiger partial charge in [0.15, 0.2) is 0 Å². The molecule has 1 unspecified atom stereocenters. The van der Waals surface area contributed by atoms with E-state index in [1.165, 1.54) is 15.2 Å². The molecule has 7 heteroatoms. The number of nitrogens with zero attached hydrogens (tertiary/aromatic N) is 3. The van der Waals surface area contributed by atoms with Crippen molar-refractivity contribution < 1.29 is 4.74 Å². The predicted molar refractivity (Wildman–Crippen MR) is 121 cm³/mol. The summed E-state index contributed by atoms with van der Waals surface area (Å²) in [6.45, 7) is 2.58. The molecule has 29 heavy (non-hydrogen) atoms. The van der Waals surface area contributed by atoms with Gasteiger partial charge >= 0.3 is 0 Å². The Morgan fingerprint density at radius 2 is 2.17 bits per heavy atom. The van der Waals surface area contributed by atoms with Crippen LogP contribution < -0.4 is 5.32 Å². The third kappa shape index (κ3) is 2.73. The van der Waals surface area contributed by atoms with E-state index in [0.717, 1.165) is 53.3 Å². The van der Waals surface area contributed by atoms with Crippen molar-refractivity contribution in [2.45, 2.75) is 12.0 Å². The molecule has 0 aliphatic carbocycles. The summed E-state index contributed by atoms with van der Waals surface area (Å²) >= 11 is 3.44. The second kappa shape index (κ2) is 6.60. The summed E-state index contributed by atoms with van der Waals surface area (Å²) in [4.78, 5) is 13.9. The van der Waals surface area contributed by atoms with Crippen LogP contribution in [-0.4, -0.2) is 47.2 Å². The fraction of sp³-hybridized carbons (Fsp3) is 0.273. The number of likely N-dealkylation sites (N-methyl/N-ethyl adjacent to an activating group) is 1. The lowest BCUT2D eigenvalue weighted by molar-refractivity contribution is 0.142. The van der Waals surface area contributed by atoms with Crippen molar-refractivity contribution in [3.05, 3.63) is 53.0 Å². The molecule has 1 atom stereocenters. The molecule has 1 spiro atoms. The Morgan fingerprint density at radius 1 is 1.21 bits per heavy atom. The Labute approximate surface area is 176 Å². The number of thiazole rings is 1. The number of fused-ring (bicyclic) bond motifs is 2. The predicted octanol–water partition coefficient (Wildman–Crippen LogP) is 5.14. The molecule has 1 saturated heterocycles. The molecule has 1 fully saturated rings. The number of nitrogens with one attached hydrogen (secondary N) is 1. The first kappa shape index (κ1) is 17.5. The number of rotatable bonds is 3. The van der Waals surface area contributed by atoms with Crippen LogP contribution in [-0.2, 0) is 4.74 Å². The van der Waals surface area contributed by atoms with Crippen LogP contribution in [0.25, 0.3) is 26.0 Å². The maximum absolute atomic E-state index is 5.80. The zero-order valence-corrected chi connectivity index (χ0v) is 17.6. The highest BCUT2D eigenvalue weighted by atomic mass is 32.1. The smallest absolute Gasteiger partial charge is 0.125 e. The van der Waals surface area contributed by atoms with E-state index in [9.17, 15) is 0 Å². The van der Waals surface area contributed by atoms with Crippen molar-refractivity contribution in [2.75, 3.05) is 32.1 Å². The molecule has 5 nitrogen and oxygen atoms in total. The molecule has 4 aromatic rings. The fourth-order valence-corrected chi connectivity index (χ4v) is 6.29. The summed E-state index contributed by atoms with van der Waals surface area (Å²) in [5.74, 6) is 0. The second-order valence-corrected chi connectivity index (χ2v) is 9.60. The molecular formula is C22H20N4OS2. The van der Waals surface area contributed by atoms with Gasteiger partial charge < -0.3 is 10.1 Å². The number of anilines is 2. The van der Waals surface area contributed by atoms with E-state index in [4.69, 9.17) is 4.74 Å². The largest absolute Gasteiger partial charge is 0.379 e. The average molecular weight is 421 g/mol. The molecule has 1 N–H and O–H groups in total. The van der Waals surface area contributed by atoms with Crippen LogP contribution in [0.1, 0.15) is 11.3 Å². The number of ether oxygens (including phenoxy) is 1. The van der Waals surface area contributed by atoms with E-state index in [1.807, 2.05) is 17.8 Å². The molecule has 6 rings (SSSR count). The van der Waals surface area contributed by atoms with Gasteiger partial charge in [0.2, 0.25) is 0 Å². The highest BCUT2D eigenvalue weighted by molar-refractivity contribution is 7.19. The molecule has 1 aromatic carbocycles. The van der Waals surface area contributed by atoms with Crippen molar-refractivity contribution >= 4 is 60.1 Å². The Bertz CT molecular complexity index is 1250. The summed E-state index contributed by atoms with van der Waals surface area (Å²) in [5, 5.41) is 4.74. The van der Waals surface area contributed by atoms with Crippen molar-refractivity contribution in [2.24, 2.45) is 0 Å². The van der Waals surface area contributed by atoms with E-state index in [0.29, 0.717) is 0 Å². The molecule has 146 valence electrons. The first-order chi connectivity index (χ1) is 14.2. The second-order valence-electron chi connectivity index (χ2n) is 7.68. The number of benzene rings is 1. The van der Waals surface area contributed by atoms with E-state index < -0.39 is 0 Å². The van der Waals surface area contributed by atoms with E-state index >= 15 is 0 Å². The highest BCUT2D eigenvalue weighted by Crippen LogP contribution is 2.46. The first-order valence-electron chi connectivity index (χ1n) is 9.72. The number of aromatic nitrogens is 2. The molecular weight excluding hydrogens is 400 g/mol. The van der Waals surface area contributed by atoms with Gasteiger partial charge in [-0.05, 0) is 49.4 Å². The first-order valence-corrected chi connectivity index (χ1v) is 11.4. The normalized spacial score (nSPS) is 22.2. The molecule has 0 bridgehead atoms. The van der Waals surface area contributed by atoms with Crippen LogP contribution in [0.2, 0.25) is 0 Å². The Balaban J connectivity index is 1.39. The van der Waals surface area contributed by atoms with Gasteiger partial charge in [-0.25, -0.2) is 9.97 Å². The molecule has 0 radical (unpaired) electrons. The van der Waals surface area contributed by atoms with Crippen LogP contribution in [0.3, 0.4) is 0 Å². The standard InChI is InChI=1S/C22H20N4OS2/c1-26-8-5-16(22(26)6-9-27-12-22)20-11-15-17(4-7-23-21(15)29-20)25-14-2-3-19-18(10-14)24-13-28-19/h2-5,7,10-11,13H,6,8-9,12H2,1H3,(H,23,25). The maximum atomic E-state index is 5.80. The molecule has 5 heterocycles. The fourth-order valence-electron chi connectivity index (χ4n) is 4.47. The van der Waals surface area contributed by atoms with Crippen LogP contribution >= 0.6 is 22.7 Å². The summed E-state index contributed by atoms with van der Waals surface area (Å²) < 4.78 is 7.00. The molecule has 0 amide bonds. The summed E-state index contributed by atoms with van der Waals surface area (Å²) in [6.07, 6.45) is 5.30. The summed E-state index contributed by atoms with van der Waals surface area (Å²) in [5.41, 5.74) is 6.46. The lowest BCUT2D eigenvalue weighted by Gasteiger charge is -2.33. The van der Waals surface area contributed by atoms with Crippen molar-refractivity contribution in [1.29, 1.82) is 0 Å². The van der Waals surface area contributed by atoms with Crippen LogP contribution in [0, 0.1) is 0 Å². The molecule has 2 aliphatic heterocycles. The van der Waals surface area contributed by atoms with Gasteiger partial charge in [0, 0.05) is 35.3 Å². The Kier molecular flexibility index (Phi) is 3.99. The number of pyridine rings is 1. The number of thiophene rings is 1. The van der Waals surface area contributed by atoms with Crippen LogP contribution in [0.15, 0.2) is 48.1 Å². The summed E-state index contributed by atoms with van der Waals surface area (Å²) in [6, 6.07) is 10.7. The minimum atomic E-state index is 0.0180. The maximum Gasteiger partial charge on any atom is 0.125 e. The zero-order chi connectivity index (χ0) is 19.4. The van der Waals surface area contributed by atoms with Gasteiger partial charge in [0.05, 0.1) is 33.6 Å². The lowest BCUT2D eigenvalue weighted by atomic mass is 9.89. The van der Waals surface area contributed by atoms with Gasteiger partial charge in [-0.15, -0.1) is 22.7 Å². The van der Waals surface area contributed by atoms with Crippen LogP contribution in [0.4, 0.5) is 11.4 Å². The van der Waals surface area contributed by atoms with Gasteiger partial charge in [-0.2, -0.15) is 0 Å². The quantitative estimate of drug-likeness (QED) is 0.497. The topological polar surface area (TPSA) is 50.3 Å². The lowest BCUT2D eigenvalue weighted by Crippen LogP contribution is -2.43.